The van der Waals surface area contributed by atoms with E-state index in [4.69, 9.17) is 9.15 Å². The van der Waals surface area contributed by atoms with Crippen molar-refractivity contribution in [3.8, 4) is 0 Å². The molecule has 0 saturated carbocycles. The second kappa shape index (κ2) is 9.89. The summed E-state index contributed by atoms with van der Waals surface area (Å²) in [6.45, 7) is 3.98. The monoisotopic (exact) mass is 426 g/mol. The summed E-state index contributed by atoms with van der Waals surface area (Å²) in [6.07, 6.45) is 2.07. The van der Waals surface area contributed by atoms with Crippen molar-refractivity contribution in [2.24, 2.45) is 0 Å². The average Bonchev–Trinajstić information content (AvgIpc) is 3.37. The lowest BCUT2D eigenvalue weighted by atomic mass is 10.1. The quantitative estimate of drug-likeness (QED) is 0.530. The van der Waals surface area contributed by atoms with Gasteiger partial charge in [-0.2, -0.15) is 0 Å². The number of amides is 2. The van der Waals surface area contributed by atoms with Gasteiger partial charge in [-0.05, 0) is 43.5 Å². The smallest absolute Gasteiger partial charge is 0.341 e. The van der Waals surface area contributed by atoms with Crippen LogP contribution in [0.15, 0.2) is 53.1 Å². The predicted octanol–water partition coefficient (Wildman–Crippen LogP) is 4.05. The lowest BCUT2D eigenvalue weighted by Gasteiger charge is -2.06. The molecule has 2 N–H and O–H groups in total. The molecule has 0 spiro atoms. The van der Waals surface area contributed by atoms with Crippen LogP contribution in [0.1, 0.15) is 48.6 Å². The number of carbonyl (C=O) groups excluding carboxylic acids is 3. The van der Waals surface area contributed by atoms with Crippen molar-refractivity contribution in [3.63, 3.8) is 0 Å². The summed E-state index contributed by atoms with van der Waals surface area (Å²) in [7, 11) is 0. The fraction of sp³-hybridized carbons (Fsp3) is 0.227. The van der Waals surface area contributed by atoms with Crippen molar-refractivity contribution in [1.82, 2.24) is 5.32 Å². The van der Waals surface area contributed by atoms with Crippen LogP contribution in [0.25, 0.3) is 0 Å². The number of benzene rings is 1. The molecule has 30 heavy (non-hydrogen) atoms. The molecule has 0 aliphatic carbocycles. The number of esters is 1. The molecule has 7 nitrogen and oxygen atoms in total. The number of hydrogen-bond donors (Lipinski definition) is 2. The lowest BCUT2D eigenvalue weighted by Crippen LogP contribution is -2.25. The van der Waals surface area contributed by atoms with Crippen molar-refractivity contribution < 1.29 is 23.5 Å². The summed E-state index contributed by atoms with van der Waals surface area (Å²) >= 11 is 1.03. The highest BCUT2D eigenvalue weighted by atomic mass is 32.1. The maximum absolute atomic E-state index is 12.7. The molecular formula is C22H22N2O5S. The van der Waals surface area contributed by atoms with E-state index in [0.29, 0.717) is 23.4 Å². The second-order valence-electron chi connectivity index (χ2n) is 6.40. The third-order valence-electron chi connectivity index (χ3n) is 4.35. The Balaban J connectivity index is 1.78. The molecule has 3 rings (SSSR count). The first-order valence-corrected chi connectivity index (χ1v) is 10.3. The van der Waals surface area contributed by atoms with Crippen LogP contribution in [-0.4, -0.2) is 30.9 Å². The van der Waals surface area contributed by atoms with E-state index in [1.54, 1.807) is 19.9 Å². The summed E-state index contributed by atoms with van der Waals surface area (Å²) in [6, 6.07) is 12.9. The zero-order valence-corrected chi connectivity index (χ0v) is 17.5. The number of nitrogens with one attached hydrogen (secondary N) is 2. The number of carbonyl (C=O) groups is 3. The highest BCUT2D eigenvalue weighted by Gasteiger charge is 2.27. The Morgan fingerprint density at radius 2 is 1.83 bits per heavy atom. The van der Waals surface area contributed by atoms with Gasteiger partial charge in [0.25, 0.3) is 11.8 Å². The number of ether oxygens (including phenoxy) is 1. The van der Waals surface area contributed by atoms with E-state index in [9.17, 15) is 14.4 Å². The first kappa shape index (κ1) is 21.3. The highest BCUT2D eigenvalue weighted by molar-refractivity contribution is 7.18. The van der Waals surface area contributed by atoms with Crippen LogP contribution in [0, 0.1) is 6.92 Å². The van der Waals surface area contributed by atoms with Crippen molar-refractivity contribution in [2.75, 3.05) is 18.5 Å². The molecule has 0 radical (unpaired) electrons. The van der Waals surface area contributed by atoms with E-state index in [0.717, 1.165) is 16.9 Å². The van der Waals surface area contributed by atoms with E-state index in [-0.39, 0.29) is 28.8 Å². The number of thiophene rings is 1. The fourth-order valence-corrected chi connectivity index (χ4v) is 3.99. The van der Waals surface area contributed by atoms with Gasteiger partial charge in [0.15, 0.2) is 5.76 Å². The third kappa shape index (κ3) is 4.96. The molecule has 0 aliphatic heterocycles. The second-order valence-corrected chi connectivity index (χ2v) is 7.42. The molecule has 2 aromatic heterocycles. The molecule has 2 amide bonds. The maximum atomic E-state index is 12.7. The number of rotatable bonds is 8. The van der Waals surface area contributed by atoms with Gasteiger partial charge in [-0.3, -0.25) is 9.59 Å². The van der Waals surface area contributed by atoms with Gasteiger partial charge in [-0.1, -0.05) is 30.3 Å². The Bertz CT molecular complexity index is 1030. The van der Waals surface area contributed by atoms with Crippen LogP contribution in [0.5, 0.6) is 0 Å². The topological polar surface area (TPSA) is 97.6 Å². The standard InChI is InChI=1S/C22H22N2O5S/c1-3-28-22(27)17-14(2)18(20(26)23-12-11-15-8-5-4-6-9-15)30-21(17)24-19(25)16-10-7-13-29-16/h4-10,13H,3,11-12H2,1-2H3,(H,23,26)(H,24,25). The van der Waals surface area contributed by atoms with Gasteiger partial charge in [0.05, 0.1) is 23.3 Å². The highest BCUT2D eigenvalue weighted by Crippen LogP contribution is 2.34. The normalized spacial score (nSPS) is 10.5. The molecule has 3 aromatic rings. The zero-order valence-electron chi connectivity index (χ0n) is 16.7. The third-order valence-corrected chi connectivity index (χ3v) is 5.55. The molecule has 2 heterocycles. The Morgan fingerprint density at radius 1 is 1.07 bits per heavy atom. The molecule has 0 fully saturated rings. The first-order valence-electron chi connectivity index (χ1n) is 9.48. The van der Waals surface area contributed by atoms with Crippen LogP contribution >= 0.6 is 11.3 Å². The minimum atomic E-state index is -0.593. The van der Waals surface area contributed by atoms with E-state index >= 15 is 0 Å². The fourth-order valence-electron chi connectivity index (χ4n) is 2.88. The van der Waals surface area contributed by atoms with E-state index in [1.807, 2.05) is 30.3 Å². The van der Waals surface area contributed by atoms with Crippen LogP contribution in [0.4, 0.5) is 5.00 Å². The molecule has 0 aliphatic rings. The molecule has 0 atom stereocenters. The van der Waals surface area contributed by atoms with Crippen LogP contribution in [0.3, 0.4) is 0 Å². The molecule has 0 saturated heterocycles. The first-order chi connectivity index (χ1) is 14.5. The predicted molar refractivity (Wildman–Crippen MR) is 114 cm³/mol. The molecular weight excluding hydrogens is 404 g/mol. The summed E-state index contributed by atoms with van der Waals surface area (Å²) in [5.41, 5.74) is 1.75. The van der Waals surface area contributed by atoms with Gasteiger partial charge in [0.2, 0.25) is 0 Å². The summed E-state index contributed by atoms with van der Waals surface area (Å²) in [5.74, 6) is -1.31. The van der Waals surface area contributed by atoms with Gasteiger partial charge in [0.1, 0.15) is 5.00 Å². The van der Waals surface area contributed by atoms with E-state index in [1.165, 1.54) is 12.3 Å². The lowest BCUT2D eigenvalue weighted by molar-refractivity contribution is 0.0527. The zero-order chi connectivity index (χ0) is 21.5. The Labute approximate surface area is 178 Å². The molecule has 8 heteroatoms. The van der Waals surface area contributed by atoms with Crippen molar-refractivity contribution in [1.29, 1.82) is 0 Å². The molecule has 0 bridgehead atoms. The van der Waals surface area contributed by atoms with E-state index < -0.39 is 11.9 Å². The van der Waals surface area contributed by atoms with Gasteiger partial charge in [-0.25, -0.2) is 4.79 Å². The van der Waals surface area contributed by atoms with Crippen LogP contribution in [-0.2, 0) is 11.2 Å². The van der Waals surface area contributed by atoms with Crippen LogP contribution in [0.2, 0.25) is 0 Å². The Hall–Kier alpha value is -3.39. The molecule has 0 unspecified atom stereocenters. The van der Waals surface area contributed by atoms with Crippen molar-refractivity contribution >= 4 is 34.1 Å². The van der Waals surface area contributed by atoms with Crippen molar-refractivity contribution in [2.45, 2.75) is 20.3 Å². The Kier molecular flexibility index (Phi) is 7.03. The van der Waals surface area contributed by atoms with Gasteiger partial charge >= 0.3 is 5.97 Å². The van der Waals surface area contributed by atoms with Crippen LogP contribution < -0.4 is 10.6 Å². The van der Waals surface area contributed by atoms with Crippen molar-refractivity contribution in [3.05, 3.63) is 76.1 Å². The molecule has 156 valence electrons. The SMILES string of the molecule is CCOC(=O)c1c(NC(=O)c2ccco2)sc(C(=O)NCCc2ccccc2)c1C. The summed E-state index contributed by atoms with van der Waals surface area (Å²) < 4.78 is 10.2. The number of anilines is 1. The largest absolute Gasteiger partial charge is 0.462 e. The minimum Gasteiger partial charge on any atom is -0.462 e. The van der Waals surface area contributed by atoms with Gasteiger partial charge < -0.3 is 19.8 Å². The minimum absolute atomic E-state index is 0.102. The van der Waals surface area contributed by atoms with Gasteiger partial charge in [0, 0.05) is 6.54 Å². The number of hydrogen-bond acceptors (Lipinski definition) is 6. The Morgan fingerprint density at radius 3 is 2.50 bits per heavy atom. The molecule has 1 aromatic carbocycles. The van der Waals surface area contributed by atoms with E-state index in [2.05, 4.69) is 10.6 Å². The average molecular weight is 426 g/mol. The maximum Gasteiger partial charge on any atom is 0.341 e. The number of furan rings is 1. The summed E-state index contributed by atoms with van der Waals surface area (Å²) in [4.78, 5) is 37.9. The van der Waals surface area contributed by atoms with Gasteiger partial charge in [-0.15, -0.1) is 11.3 Å². The summed E-state index contributed by atoms with van der Waals surface area (Å²) in [5, 5.41) is 5.77.